The molecule has 116 valence electrons. The van der Waals surface area contributed by atoms with Crippen LogP contribution in [0.15, 0.2) is 30.3 Å². The van der Waals surface area contributed by atoms with Crippen LogP contribution in [-0.2, 0) is 15.1 Å². The first-order chi connectivity index (χ1) is 10.1. The van der Waals surface area contributed by atoms with E-state index in [0.717, 1.165) is 12.1 Å². The number of nitrogens with one attached hydrogen (secondary N) is 1. The van der Waals surface area contributed by atoms with Crippen molar-refractivity contribution in [1.29, 1.82) is 0 Å². The average Bonchev–Trinajstić information content (AvgIpc) is 3.33. The Labute approximate surface area is 126 Å². The second kappa shape index (κ2) is 7.02. The van der Waals surface area contributed by atoms with Crippen molar-refractivity contribution in [3.8, 4) is 0 Å². The van der Waals surface area contributed by atoms with Gasteiger partial charge in [-0.1, -0.05) is 30.3 Å². The first-order valence-corrected chi connectivity index (χ1v) is 7.41. The molecule has 5 nitrogen and oxygen atoms in total. The van der Waals surface area contributed by atoms with Gasteiger partial charge in [0, 0.05) is 26.2 Å². The molecule has 1 saturated carbocycles. The number of carbonyl (C=O) groups excluding carboxylic acids is 1. The predicted octanol–water partition coefficient (Wildman–Crippen LogP) is 0.697. The van der Waals surface area contributed by atoms with Gasteiger partial charge in [-0.3, -0.25) is 9.69 Å². The second-order valence-electron chi connectivity index (χ2n) is 5.58. The highest BCUT2D eigenvalue weighted by Crippen LogP contribution is 2.31. The quantitative estimate of drug-likeness (QED) is 0.703. The third kappa shape index (κ3) is 3.61. The maximum atomic E-state index is 12.2. The fraction of sp³-hybridized carbons (Fsp3) is 0.562. The van der Waals surface area contributed by atoms with Crippen molar-refractivity contribution >= 4 is 5.91 Å². The van der Waals surface area contributed by atoms with Crippen molar-refractivity contribution in [3.63, 3.8) is 0 Å². The SMILES string of the molecule is CNC(CN(CCOC)C1CC1)(C(N)=O)c1ccccc1. The maximum Gasteiger partial charge on any atom is 0.243 e. The Bertz CT molecular complexity index is 462. The molecule has 0 radical (unpaired) electrons. The molecule has 3 N–H and O–H groups in total. The van der Waals surface area contributed by atoms with Crippen molar-refractivity contribution in [2.75, 3.05) is 33.9 Å². The van der Waals surface area contributed by atoms with Gasteiger partial charge in [0.25, 0.3) is 0 Å². The van der Waals surface area contributed by atoms with Gasteiger partial charge in [0.2, 0.25) is 5.91 Å². The fourth-order valence-electron chi connectivity index (χ4n) is 2.72. The summed E-state index contributed by atoms with van der Waals surface area (Å²) < 4.78 is 5.19. The number of hydrogen-bond acceptors (Lipinski definition) is 4. The second-order valence-corrected chi connectivity index (χ2v) is 5.58. The monoisotopic (exact) mass is 291 g/mol. The van der Waals surface area contributed by atoms with Crippen LogP contribution in [-0.4, -0.2) is 50.7 Å². The van der Waals surface area contributed by atoms with E-state index in [0.29, 0.717) is 19.2 Å². The summed E-state index contributed by atoms with van der Waals surface area (Å²) >= 11 is 0. The summed E-state index contributed by atoms with van der Waals surface area (Å²) in [6.45, 7) is 2.03. The van der Waals surface area contributed by atoms with Gasteiger partial charge in [0.1, 0.15) is 5.54 Å². The summed E-state index contributed by atoms with van der Waals surface area (Å²) in [5.74, 6) is -0.348. The Balaban J connectivity index is 2.24. The van der Waals surface area contributed by atoms with Crippen molar-refractivity contribution in [2.45, 2.75) is 24.4 Å². The molecule has 1 aromatic rings. The van der Waals surface area contributed by atoms with Crippen LogP contribution in [0.3, 0.4) is 0 Å². The molecule has 1 aliphatic rings. The average molecular weight is 291 g/mol. The summed E-state index contributed by atoms with van der Waals surface area (Å²) in [6.07, 6.45) is 2.36. The Morgan fingerprint density at radius 1 is 1.43 bits per heavy atom. The molecule has 0 saturated heterocycles. The van der Waals surface area contributed by atoms with Gasteiger partial charge in [-0.05, 0) is 25.5 Å². The van der Waals surface area contributed by atoms with Crippen LogP contribution in [0.1, 0.15) is 18.4 Å². The molecule has 1 aliphatic carbocycles. The molecule has 1 aromatic carbocycles. The summed E-state index contributed by atoms with van der Waals surface area (Å²) in [5.41, 5.74) is 5.79. The lowest BCUT2D eigenvalue weighted by Gasteiger charge is -2.36. The minimum absolute atomic E-state index is 0.348. The van der Waals surface area contributed by atoms with Crippen LogP contribution in [0.5, 0.6) is 0 Å². The predicted molar refractivity (Wildman–Crippen MR) is 82.8 cm³/mol. The zero-order valence-corrected chi connectivity index (χ0v) is 12.8. The maximum absolute atomic E-state index is 12.2. The Morgan fingerprint density at radius 3 is 2.57 bits per heavy atom. The van der Waals surface area contributed by atoms with Gasteiger partial charge in [-0.15, -0.1) is 0 Å². The Morgan fingerprint density at radius 2 is 2.10 bits per heavy atom. The van der Waals surface area contributed by atoms with Gasteiger partial charge >= 0.3 is 0 Å². The minimum Gasteiger partial charge on any atom is -0.383 e. The van der Waals surface area contributed by atoms with Crippen molar-refractivity contribution < 1.29 is 9.53 Å². The van der Waals surface area contributed by atoms with Crippen LogP contribution < -0.4 is 11.1 Å². The topological polar surface area (TPSA) is 67.6 Å². The summed E-state index contributed by atoms with van der Waals surface area (Å²) in [6, 6.07) is 10.2. The lowest BCUT2D eigenvalue weighted by molar-refractivity contribution is -0.125. The highest BCUT2D eigenvalue weighted by Gasteiger charge is 2.42. The number of methoxy groups -OCH3 is 1. The van der Waals surface area contributed by atoms with Crippen molar-refractivity contribution in [3.05, 3.63) is 35.9 Å². The van der Waals surface area contributed by atoms with E-state index in [1.54, 1.807) is 14.2 Å². The number of carbonyl (C=O) groups is 1. The molecular formula is C16H25N3O2. The van der Waals surface area contributed by atoms with Crippen LogP contribution in [0.2, 0.25) is 0 Å². The molecule has 0 aliphatic heterocycles. The van der Waals surface area contributed by atoms with E-state index in [1.807, 2.05) is 30.3 Å². The summed E-state index contributed by atoms with van der Waals surface area (Å²) in [7, 11) is 3.49. The first-order valence-electron chi connectivity index (χ1n) is 7.41. The molecule has 0 bridgehead atoms. The normalized spacial score (nSPS) is 17.7. The zero-order chi connectivity index (χ0) is 15.3. The van der Waals surface area contributed by atoms with E-state index in [4.69, 9.17) is 10.5 Å². The zero-order valence-electron chi connectivity index (χ0n) is 12.8. The summed E-state index contributed by atoms with van der Waals surface area (Å²) in [5, 5.41) is 3.16. The molecule has 1 fully saturated rings. The third-order valence-corrected chi connectivity index (χ3v) is 4.20. The number of nitrogens with zero attached hydrogens (tertiary/aromatic N) is 1. The highest BCUT2D eigenvalue weighted by molar-refractivity contribution is 5.86. The molecule has 2 rings (SSSR count). The number of rotatable bonds is 9. The van der Waals surface area contributed by atoms with E-state index in [-0.39, 0.29) is 5.91 Å². The van der Waals surface area contributed by atoms with E-state index in [9.17, 15) is 4.79 Å². The van der Waals surface area contributed by atoms with Gasteiger partial charge in [-0.2, -0.15) is 0 Å². The Kier molecular flexibility index (Phi) is 5.33. The molecule has 1 amide bonds. The first kappa shape index (κ1) is 15.9. The van der Waals surface area contributed by atoms with Crippen LogP contribution in [0.4, 0.5) is 0 Å². The third-order valence-electron chi connectivity index (χ3n) is 4.20. The molecule has 1 unspecified atom stereocenters. The van der Waals surface area contributed by atoms with Gasteiger partial charge in [0.05, 0.1) is 6.61 Å². The van der Waals surface area contributed by atoms with Crippen LogP contribution >= 0.6 is 0 Å². The molecule has 1 atom stereocenters. The van der Waals surface area contributed by atoms with Crippen molar-refractivity contribution in [2.24, 2.45) is 5.73 Å². The number of likely N-dealkylation sites (N-methyl/N-ethyl adjacent to an activating group) is 1. The standard InChI is InChI=1S/C16H25N3O2/c1-18-16(15(17)20,13-6-4-3-5-7-13)12-19(10-11-21-2)14-8-9-14/h3-7,14,18H,8-12H2,1-2H3,(H2,17,20). The molecular weight excluding hydrogens is 266 g/mol. The number of amides is 1. The lowest BCUT2D eigenvalue weighted by Crippen LogP contribution is -2.58. The molecule has 5 heteroatoms. The van der Waals surface area contributed by atoms with E-state index >= 15 is 0 Å². The number of hydrogen-bond donors (Lipinski definition) is 2. The van der Waals surface area contributed by atoms with E-state index < -0.39 is 5.54 Å². The van der Waals surface area contributed by atoms with Crippen LogP contribution in [0.25, 0.3) is 0 Å². The highest BCUT2D eigenvalue weighted by atomic mass is 16.5. The molecule has 21 heavy (non-hydrogen) atoms. The van der Waals surface area contributed by atoms with Gasteiger partial charge in [-0.25, -0.2) is 0 Å². The van der Waals surface area contributed by atoms with Gasteiger partial charge in [0.15, 0.2) is 0 Å². The number of nitrogens with two attached hydrogens (primary N) is 1. The van der Waals surface area contributed by atoms with Crippen LogP contribution in [0, 0.1) is 0 Å². The molecule has 0 aromatic heterocycles. The number of benzene rings is 1. The molecule has 0 heterocycles. The Hall–Kier alpha value is -1.43. The van der Waals surface area contributed by atoms with Gasteiger partial charge < -0.3 is 15.8 Å². The summed E-state index contributed by atoms with van der Waals surface area (Å²) in [4.78, 5) is 14.5. The lowest BCUT2D eigenvalue weighted by atomic mass is 9.88. The largest absolute Gasteiger partial charge is 0.383 e. The number of primary amides is 1. The minimum atomic E-state index is -0.864. The fourth-order valence-corrected chi connectivity index (χ4v) is 2.72. The van der Waals surface area contributed by atoms with E-state index in [1.165, 1.54) is 12.8 Å². The number of ether oxygens (including phenoxy) is 1. The molecule has 0 spiro atoms. The smallest absolute Gasteiger partial charge is 0.243 e. The van der Waals surface area contributed by atoms with E-state index in [2.05, 4.69) is 10.2 Å². The van der Waals surface area contributed by atoms with Crippen molar-refractivity contribution in [1.82, 2.24) is 10.2 Å².